The number of carbonyl (C=O) groups is 2. The molecular weight excluding hydrogens is 270 g/mol. The molecule has 1 rings (SSSR count). The number of carboxylic acids is 1. The molecular formula is C15H17N3O3. The Morgan fingerprint density at radius 1 is 1.29 bits per heavy atom. The van der Waals surface area contributed by atoms with Crippen LogP contribution < -0.4 is 10.6 Å². The second kappa shape index (κ2) is 7.10. The molecule has 0 fully saturated rings. The minimum Gasteiger partial charge on any atom is -0.480 e. The molecule has 1 aromatic rings. The molecule has 1 amide bonds. The van der Waals surface area contributed by atoms with Crippen LogP contribution in [0.5, 0.6) is 0 Å². The number of nitriles is 1. The Balaban J connectivity index is 2.89. The van der Waals surface area contributed by atoms with Crippen LogP contribution in [-0.4, -0.2) is 23.5 Å². The van der Waals surface area contributed by atoms with Crippen molar-refractivity contribution in [2.24, 2.45) is 0 Å². The number of aliphatic carboxylic acids is 1. The smallest absolute Gasteiger partial charge is 0.322 e. The second-order valence-corrected chi connectivity index (χ2v) is 4.66. The molecule has 0 saturated carbocycles. The summed E-state index contributed by atoms with van der Waals surface area (Å²) in [6.45, 7) is 5.31. The number of aryl methyl sites for hydroxylation is 3. The predicted molar refractivity (Wildman–Crippen MR) is 78.6 cm³/mol. The molecule has 0 radical (unpaired) electrons. The van der Waals surface area contributed by atoms with Crippen molar-refractivity contribution in [2.75, 3.05) is 11.9 Å². The quantitative estimate of drug-likeness (QED) is 0.564. The highest BCUT2D eigenvalue weighted by molar-refractivity contribution is 5.98. The van der Waals surface area contributed by atoms with Crippen LogP contribution in [0.15, 0.2) is 23.9 Å². The summed E-state index contributed by atoms with van der Waals surface area (Å²) in [5.41, 5.74) is 3.74. The van der Waals surface area contributed by atoms with Gasteiger partial charge in [-0.1, -0.05) is 17.7 Å². The first-order valence-electron chi connectivity index (χ1n) is 6.29. The van der Waals surface area contributed by atoms with Gasteiger partial charge in [0.2, 0.25) is 0 Å². The zero-order valence-electron chi connectivity index (χ0n) is 12.2. The van der Waals surface area contributed by atoms with Crippen LogP contribution in [0, 0.1) is 32.1 Å². The molecule has 0 spiro atoms. The monoisotopic (exact) mass is 287 g/mol. The van der Waals surface area contributed by atoms with Gasteiger partial charge in [0.1, 0.15) is 18.2 Å². The lowest BCUT2D eigenvalue weighted by Gasteiger charge is -2.11. The van der Waals surface area contributed by atoms with E-state index in [1.54, 1.807) is 6.07 Å². The van der Waals surface area contributed by atoms with E-state index >= 15 is 0 Å². The second-order valence-electron chi connectivity index (χ2n) is 4.66. The zero-order valence-corrected chi connectivity index (χ0v) is 12.2. The minimum atomic E-state index is -1.17. The van der Waals surface area contributed by atoms with Gasteiger partial charge in [0.15, 0.2) is 0 Å². The summed E-state index contributed by atoms with van der Waals surface area (Å²) in [4.78, 5) is 22.0. The Morgan fingerprint density at radius 2 is 1.86 bits per heavy atom. The Bertz CT molecular complexity index is 619. The van der Waals surface area contributed by atoms with Gasteiger partial charge in [0, 0.05) is 11.9 Å². The molecule has 0 saturated heterocycles. The number of amides is 1. The van der Waals surface area contributed by atoms with Crippen molar-refractivity contribution in [2.45, 2.75) is 20.8 Å². The molecule has 0 aliphatic rings. The molecule has 0 aliphatic carbocycles. The molecule has 0 aliphatic heterocycles. The molecule has 0 atom stereocenters. The number of carbonyl (C=O) groups excluding carboxylic acids is 1. The highest BCUT2D eigenvalue weighted by Crippen LogP contribution is 2.22. The number of carboxylic acid groups (broad SMARTS) is 1. The molecule has 6 nitrogen and oxygen atoms in total. The molecule has 0 bridgehead atoms. The lowest BCUT2D eigenvalue weighted by Crippen LogP contribution is -2.30. The summed E-state index contributed by atoms with van der Waals surface area (Å²) in [7, 11) is 0. The fraction of sp³-hybridized carbons (Fsp3) is 0.267. The Hall–Kier alpha value is -2.81. The number of benzene rings is 1. The van der Waals surface area contributed by atoms with Crippen molar-refractivity contribution >= 4 is 17.6 Å². The van der Waals surface area contributed by atoms with Gasteiger partial charge in [-0.25, -0.2) is 0 Å². The van der Waals surface area contributed by atoms with Crippen LogP contribution >= 0.6 is 0 Å². The zero-order chi connectivity index (χ0) is 16.0. The summed E-state index contributed by atoms with van der Waals surface area (Å²) in [5.74, 6) is -1.89. The van der Waals surface area contributed by atoms with Crippen LogP contribution in [0.1, 0.15) is 16.7 Å². The number of nitrogens with zero attached hydrogens (tertiary/aromatic N) is 1. The number of hydrogen-bond acceptors (Lipinski definition) is 4. The Kier molecular flexibility index (Phi) is 5.49. The van der Waals surface area contributed by atoms with Crippen LogP contribution in [-0.2, 0) is 9.59 Å². The van der Waals surface area contributed by atoms with Gasteiger partial charge < -0.3 is 15.7 Å². The van der Waals surface area contributed by atoms with Crippen LogP contribution in [0.2, 0.25) is 0 Å². The van der Waals surface area contributed by atoms with Gasteiger partial charge in [-0.05, 0) is 31.9 Å². The van der Waals surface area contributed by atoms with E-state index in [0.29, 0.717) is 0 Å². The van der Waals surface area contributed by atoms with E-state index < -0.39 is 18.4 Å². The maximum Gasteiger partial charge on any atom is 0.322 e. The average Bonchev–Trinajstić information content (AvgIpc) is 2.39. The lowest BCUT2D eigenvalue weighted by molar-refractivity contribution is -0.137. The summed E-state index contributed by atoms with van der Waals surface area (Å²) >= 11 is 0. The fourth-order valence-electron chi connectivity index (χ4n) is 1.95. The van der Waals surface area contributed by atoms with Gasteiger partial charge in [0.05, 0.1) is 0 Å². The molecule has 3 N–H and O–H groups in total. The van der Waals surface area contributed by atoms with Crippen LogP contribution in [0.25, 0.3) is 0 Å². The normalized spacial score (nSPS) is 10.7. The molecule has 110 valence electrons. The SMILES string of the molecule is Cc1cc(C)c(N/C=C(/C#N)C(=O)NCC(=O)O)c(C)c1. The van der Waals surface area contributed by atoms with E-state index in [4.69, 9.17) is 10.4 Å². The molecule has 21 heavy (non-hydrogen) atoms. The largest absolute Gasteiger partial charge is 0.480 e. The molecule has 0 aromatic heterocycles. The maximum atomic E-state index is 11.6. The summed E-state index contributed by atoms with van der Waals surface area (Å²) in [6.07, 6.45) is 1.28. The van der Waals surface area contributed by atoms with E-state index in [1.807, 2.05) is 32.9 Å². The predicted octanol–water partition coefficient (Wildman–Crippen LogP) is 1.63. The standard InChI is InChI=1S/C15H17N3O3/c1-9-4-10(2)14(11(3)5-9)17-7-12(6-16)15(21)18-8-13(19)20/h4-5,7,17H,8H2,1-3H3,(H,18,21)(H,19,20)/b12-7-. The molecule has 1 aromatic carbocycles. The van der Waals surface area contributed by atoms with Gasteiger partial charge in [-0.3, -0.25) is 9.59 Å². The van der Waals surface area contributed by atoms with Gasteiger partial charge >= 0.3 is 5.97 Å². The molecule has 0 unspecified atom stereocenters. The van der Waals surface area contributed by atoms with E-state index in [9.17, 15) is 9.59 Å². The Labute approximate surface area is 123 Å². The van der Waals surface area contributed by atoms with E-state index in [0.717, 1.165) is 22.4 Å². The summed E-state index contributed by atoms with van der Waals surface area (Å²) < 4.78 is 0. The van der Waals surface area contributed by atoms with Crippen LogP contribution in [0.4, 0.5) is 5.69 Å². The van der Waals surface area contributed by atoms with Gasteiger partial charge in [-0.2, -0.15) is 5.26 Å². The highest BCUT2D eigenvalue weighted by atomic mass is 16.4. The van der Waals surface area contributed by atoms with Crippen molar-refractivity contribution in [3.8, 4) is 6.07 Å². The third-order valence-corrected chi connectivity index (χ3v) is 2.80. The maximum absolute atomic E-state index is 11.6. The third-order valence-electron chi connectivity index (χ3n) is 2.80. The number of rotatable bonds is 5. The summed E-state index contributed by atoms with van der Waals surface area (Å²) in [6, 6.07) is 5.71. The van der Waals surface area contributed by atoms with Crippen molar-refractivity contribution in [3.63, 3.8) is 0 Å². The molecule has 6 heteroatoms. The number of nitrogens with one attached hydrogen (secondary N) is 2. The van der Waals surface area contributed by atoms with Crippen molar-refractivity contribution < 1.29 is 14.7 Å². The first-order chi connectivity index (χ1) is 9.85. The van der Waals surface area contributed by atoms with Crippen LogP contribution in [0.3, 0.4) is 0 Å². The third kappa shape index (κ3) is 4.66. The fourth-order valence-corrected chi connectivity index (χ4v) is 1.95. The van der Waals surface area contributed by atoms with E-state index in [1.165, 1.54) is 6.20 Å². The Morgan fingerprint density at radius 3 is 2.33 bits per heavy atom. The first-order valence-corrected chi connectivity index (χ1v) is 6.29. The van der Waals surface area contributed by atoms with Crippen molar-refractivity contribution in [1.29, 1.82) is 5.26 Å². The van der Waals surface area contributed by atoms with E-state index in [2.05, 4.69) is 10.6 Å². The highest BCUT2D eigenvalue weighted by Gasteiger charge is 2.10. The average molecular weight is 287 g/mol. The lowest BCUT2D eigenvalue weighted by atomic mass is 10.1. The minimum absolute atomic E-state index is 0.185. The summed E-state index contributed by atoms with van der Waals surface area (Å²) in [5, 5.41) is 22.5. The van der Waals surface area contributed by atoms with Gasteiger partial charge in [0.25, 0.3) is 5.91 Å². The van der Waals surface area contributed by atoms with Crippen molar-refractivity contribution in [1.82, 2.24) is 5.32 Å². The molecule has 0 heterocycles. The van der Waals surface area contributed by atoms with Crippen molar-refractivity contribution in [3.05, 3.63) is 40.6 Å². The van der Waals surface area contributed by atoms with E-state index in [-0.39, 0.29) is 5.57 Å². The first kappa shape index (κ1) is 16.2. The topological polar surface area (TPSA) is 102 Å². The van der Waals surface area contributed by atoms with Gasteiger partial charge in [-0.15, -0.1) is 0 Å². The number of anilines is 1. The number of hydrogen-bond donors (Lipinski definition) is 3.